The van der Waals surface area contributed by atoms with E-state index in [0.29, 0.717) is 34.4 Å². The molecule has 0 bridgehead atoms. The molecular formula is C19H14F3N5OS. The van der Waals surface area contributed by atoms with E-state index in [-0.39, 0.29) is 0 Å². The van der Waals surface area contributed by atoms with Gasteiger partial charge in [-0.05, 0) is 29.5 Å². The van der Waals surface area contributed by atoms with Gasteiger partial charge in [0, 0.05) is 16.5 Å². The molecule has 4 rings (SSSR count). The fourth-order valence-electron chi connectivity index (χ4n) is 2.65. The van der Waals surface area contributed by atoms with Gasteiger partial charge in [0.2, 0.25) is 5.82 Å². The summed E-state index contributed by atoms with van der Waals surface area (Å²) >= 11 is 1.35. The quantitative estimate of drug-likeness (QED) is 0.477. The summed E-state index contributed by atoms with van der Waals surface area (Å²) in [7, 11) is 1.58. The second kappa shape index (κ2) is 7.63. The smallest absolute Gasteiger partial charge is 0.416 e. The van der Waals surface area contributed by atoms with Gasteiger partial charge < -0.3 is 4.74 Å². The van der Waals surface area contributed by atoms with Crippen LogP contribution in [0.3, 0.4) is 0 Å². The monoisotopic (exact) mass is 417 g/mol. The van der Waals surface area contributed by atoms with E-state index in [1.54, 1.807) is 7.11 Å². The Morgan fingerprint density at radius 1 is 1.07 bits per heavy atom. The summed E-state index contributed by atoms with van der Waals surface area (Å²) in [5.74, 6) is 1.15. The van der Waals surface area contributed by atoms with Gasteiger partial charge in [0.1, 0.15) is 17.3 Å². The number of aromatic nitrogens is 5. The molecule has 0 N–H and O–H groups in total. The van der Waals surface area contributed by atoms with E-state index in [2.05, 4.69) is 20.4 Å². The van der Waals surface area contributed by atoms with Crippen LogP contribution in [0.15, 0.2) is 53.9 Å². The number of hydrogen-bond acceptors (Lipinski definition) is 6. The Balaban J connectivity index is 1.49. The van der Waals surface area contributed by atoms with Gasteiger partial charge in [-0.15, -0.1) is 21.5 Å². The molecule has 0 fully saturated rings. The lowest BCUT2D eigenvalue weighted by atomic mass is 10.1. The normalized spacial score (nSPS) is 11.6. The number of benzene rings is 2. The molecule has 0 saturated carbocycles. The van der Waals surface area contributed by atoms with Gasteiger partial charge in [-0.2, -0.15) is 18.0 Å². The maximum atomic E-state index is 12.7. The molecular weight excluding hydrogens is 403 g/mol. The minimum Gasteiger partial charge on any atom is -0.497 e. The number of alkyl halides is 3. The Morgan fingerprint density at radius 3 is 2.59 bits per heavy atom. The zero-order valence-corrected chi connectivity index (χ0v) is 15.9. The lowest BCUT2D eigenvalue weighted by molar-refractivity contribution is -0.137. The van der Waals surface area contributed by atoms with Crippen molar-refractivity contribution in [3.8, 4) is 27.7 Å². The van der Waals surface area contributed by atoms with Crippen molar-refractivity contribution < 1.29 is 17.9 Å². The zero-order chi connectivity index (χ0) is 20.4. The van der Waals surface area contributed by atoms with Crippen LogP contribution in [-0.2, 0) is 12.7 Å². The Kier molecular flexibility index (Phi) is 5.01. The Labute approximate surface area is 167 Å². The van der Waals surface area contributed by atoms with E-state index in [1.807, 2.05) is 29.6 Å². The molecule has 0 unspecified atom stereocenters. The van der Waals surface area contributed by atoms with Crippen molar-refractivity contribution in [1.82, 2.24) is 25.2 Å². The minimum absolute atomic E-state index is 0.300. The van der Waals surface area contributed by atoms with Crippen LogP contribution in [-0.4, -0.2) is 32.3 Å². The minimum atomic E-state index is -4.36. The number of thiazole rings is 1. The van der Waals surface area contributed by atoms with Gasteiger partial charge >= 0.3 is 6.18 Å². The van der Waals surface area contributed by atoms with Crippen LogP contribution < -0.4 is 4.74 Å². The third kappa shape index (κ3) is 4.27. The first-order chi connectivity index (χ1) is 13.9. The topological polar surface area (TPSA) is 65.7 Å². The van der Waals surface area contributed by atoms with Crippen molar-refractivity contribution in [3.05, 3.63) is 65.2 Å². The van der Waals surface area contributed by atoms with Crippen LogP contribution in [0.25, 0.3) is 22.0 Å². The van der Waals surface area contributed by atoms with Crippen LogP contribution >= 0.6 is 11.3 Å². The predicted molar refractivity (Wildman–Crippen MR) is 101 cm³/mol. The number of halogens is 3. The second-order valence-corrected chi connectivity index (χ2v) is 6.95. The number of ether oxygens (including phenoxy) is 1. The Bertz CT molecular complexity index is 1120. The van der Waals surface area contributed by atoms with Crippen LogP contribution in [0.5, 0.6) is 5.75 Å². The Morgan fingerprint density at radius 2 is 1.86 bits per heavy atom. The summed E-state index contributed by atoms with van der Waals surface area (Å²) in [5.41, 5.74) is 1.41. The van der Waals surface area contributed by atoms with Crippen LogP contribution in [0.4, 0.5) is 13.2 Å². The van der Waals surface area contributed by atoms with Gasteiger partial charge in [0.15, 0.2) is 0 Å². The van der Waals surface area contributed by atoms with Crippen molar-refractivity contribution >= 4 is 11.3 Å². The molecule has 0 aliphatic carbocycles. The highest BCUT2D eigenvalue weighted by Crippen LogP contribution is 2.31. The summed E-state index contributed by atoms with van der Waals surface area (Å²) in [5, 5.41) is 14.9. The third-order valence-corrected chi connectivity index (χ3v) is 5.04. The molecule has 2 heterocycles. The van der Waals surface area contributed by atoms with Gasteiger partial charge in [0.25, 0.3) is 0 Å². The van der Waals surface area contributed by atoms with Crippen molar-refractivity contribution in [3.63, 3.8) is 0 Å². The maximum absolute atomic E-state index is 12.7. The van der Waals surface area contributed by atoms with Crippen LogP contribution in [0.2, 0.25) is 0 Å². The lowest BCUT2D eigenvalue weighted by Gasteiger charge is -2.06. The lowest BCUT2D eigenvalue weighted by Crippen LogP contribution is -2.04. The molecule has 2 aromatic carbocycles. The first-order valence-corrected chi connectivity index (χ1v) is 9.34. The molecule has 0 spiro atoms. The number of rotatable bonds is 5. The van der Waals surface area contributed by atoms with E-state index in [4.69, 9.17) is 4.74 Å². The molecule has 29 heavy (non-hydrogen) atoms. The molecule has 148 valence electrons. The highest BCUT2D eigenvalue weighted by molar-refractivity contribution is 7.13. The van der Waals surface area contributed by atoms with E-state index in [1.165, 1.54) is 28.3 Å². The van der Waals surface area contributed by atoms with E-state index in [9.17, 15) is 13.2 Å². The third-order valence-electron chi connectivity index (χ3n) is 4.10. The average Bonchev–Trinajstić information content (AvgIpc) is 3.38. The summed E-state index contributed by atoms with van der Waals surface area (Å²) in [6.45, 7) is 0.300. The van der Waals surface area contributed by atoms with E-state index >= 15 is 0 Å². The molecule has 0 atom stereocenters. The van der Waals surface area contributed by atoms with Crippen molar-refractivity contribution in [1.29, 1.82) is 0 Å². The van der Waals surface area contributed by atoms with Gasteiger partial charge in [0.05, 0.1) is 18.4 Å². The largest absolute Gasteiger partial charge is 0.497 e. The molecule has 4 aromatic rings. The molecule has 0 aliphatic rings. The standard InChI is InChI=1S/C19H14F3N5OS/c1-28-16-4-2-3-13(9-16)17-24-26-27(25-17)10-15-11-29-18(23-15)12-5-7-14(8-6-12)19(20,21)22/h2-9,11H,10H2,1H3. The number of tetrazole rings is 1. The van der Waals surface area contributed by atoms with Gasteiger partial charge in [-0.3, -0.25) is 0 Å². The second-order valence-electron chi connectivity index (χ2n) is 6.09. The highest BCUT2D eigenvalue weighted by atomic mass is 32.1. The molecule has 0 amide bonds. The summed E-state index contributed by atoms with van der Waals surface area (Å²) in [6, 6.07) is 12.3. The zero-order valence-electron chi connectivity index (χ0n) is 15.1. The number of hydrogen-bond donors (Lipinski definition) is 0. The van der Waals surface area contributed by atoms with Crippen molar-refractivity contribution in [2.24, 2.45) is 0 Å². The fraction of sp³-hybridized carbons (Fsp3) is 0.158. The van der Waals surface area contributed by atoms with Crippen LogP contribution in [0.1, 0.15) is 11.3 Å². The molecule has 0 saturated heterocycles. The van der Waals surface area contributed by atoms with Gasteiger partial charge in [-0.1, -0.05) is 24.3 Å². The fourth-order valence-corrected chi connectivity index (χ4v) is 3.46. The van der Waals surface area contributed by atoms with Gasteiger partial charge in [-0.25, -0.2) is 4.98 Å². The number of methoxy groups -OCH3 is 1. The Hall–Kier alpha value is -3.27. The van der Waals surface area contributed by atoms with E-state index in [0.717, 1.165) is 17.7 Å². The predicted octanol–water partition coefficient (Wildman–Crippen LogP) is 4.54. The van der Waals surface area contributed by atoms with E-state index < -0.39 is 11.7 Å². The summed E-state index contributed by atoms with van der Waals surface area (Å²) < 4.78 is 43.3. The highest BCUT2D eigenvalue weighted by Gasteiger charge is 2.30. The first-order valence-electron chi connectivity index (χ1n) is 8.46. The van der Waals surface area contributed by atoms with Crippen LogP contribution in [0, 0.1) is 0 Å². The van der Waals surface area contributed by atoms with Crippen molar-refractivity contribution in [2.75, 3.05) is 7.11 Å². The maximum Gasteiger partial charge on any atom is 0.416 e. The molecule has 0 radical (unpaired) electrons. The van der Waals surface area contributed by atoms with Crippen molar-refractivity contribution in [2.45, 2.75) is 12.7 Å². The molecule has 2 aromatic heterocycles. The summed E-state index contributed by atoms with van der Waals surface area (Å²) in [6.07, 6.45) is -4.36. The molecule has 6 nitrogen and oxygen atoms in total. The summed E-state index contributed by atoms with van der Waals surface area (Å²) in [4.78, 5) is 5.88. The SMILES string of the molecule is COc1cccc(-c2nnn(Cc3csc(-c4ccc(C(F)(F)F)cc4)n3)n2)c1. The first kappa shape index (κ1) is 19.1. The average molecular weight is 417 g/mol. The molecule has 10 heteroatoms. The number of nitrogens with zero attached hydrogens (tertiary/aromatic N) is 5. The molecule has 0 aliphatic heterocycles.